The van der Waals surface area contributed by atoms with Gasteiger partial charge in [-0.05, 0) is 154 Å². The Balaban J connectivity index is 0.000000297. The number of benzene rings is 5. The van der Waals surface area contributed by atoms with Crippen molar-refractivity contribution in [1.82, 2.24) is 0 Å². The van der Waals surface area contributed by atoms with Crippen LogP contribution in [-0.2, 0) is 34.5 Å². The Morgan fingerprint density at radius 1 is 0.636 bits per heavy atom. The molecule has 1 saturated heterocycles. The fraction of sp³-hybridized carbons (Fsp3) is 0.343. The van der Waals surface area contributed by atoms with E-state index in [1.807, 2.05) is 12.1 Å². The van der Waals surface area contributed by atoms with E-state index in [0.29, 0.717) is 0 Å². The van der Waals surface area contributed by atoms with Gasteiger partial charge in [-0.15, -0.1) is 0 Å². The zero-order valence-electron chi connectivity index (χ0n) is 26.3. The third kappa shape index (κ3) is 8.97. The first kappa shape index (κ1) is 39.8. The Morgan fingerprint density at radius 3 is 1.50 bits per heavy atom. The van der Waals surface area contributed by atoms with Gasteiger partial charge in [-0.3, -0.25) is 0 Å². The van der Waals surface area contributed by atoms with Crippen LogP contribution in [-0.4, -0.2) is 31.5 Å². The van der Waals surface area contributed by atoms with Gasteiger partial charge in [0.2, 0.25) is 0 Å². The third-order valence-electron chi connectivity index (χ3n) is 7.73. The molecule has 44 heavy (non-hydrogen) atoms. The van der Waals surface area contributed by atoms with E-state index >= 15 is 0 Å². The van der Waals surface area contributed by atoms with Crippen LogP contribution in [0.3, 0.4) is 0 Å². The maximum atomic E-state index is 6.32. The van der Waals surface area contributed by atoms with Crippen LogP contribution in [0.15, 0.2) is 84.6 Å². The summed E-state index contributed by atoms with van der Waals surface area (Å²) in [7, 11) is -0.338. The number of hydrogen-bond acceptors (Lipinski definition) is 3. The molecule has 0 radical (unpaired) electrons. The van der Waals surface area contributed by atoms with Gasteiger partial charge >= 0.3 is 7.12 Å². The molecule has 1 aliphatic heterocycles. The maximum absolute atomic E-state index is 6.32. The monoisotopic (exact) mass is 941 g/mol. The summed E-state index contributed by atoms with van der Waals surface area (Å²) >= 11 is 13.5. The van der Waals surface area contributed by atoms with Crippen molar-refractivity contribution in [2.75, 3.05) is 13.2 Å². The molecule has 0 bridgehead atoms. The first-order chi connectivity index (χ1) is 19.9. The second kappa shape index (κ2) is 17.2. The van der Waals surface area contributed by atoms with Gasteiger partial charge in [0.15, 0.2) is 0 Å². The van der Waals surface area contributed by atoms with Gasteiger partial charge in [0.1, 0.15) is 0 Å². The minimum absolute atomic E-state index is 0. The molecule has 5 aromatic rings. The average molecular weight is 946 g/mol. The van der Waals surface area contributed by atoms with Crippen LogP contribution in [0, 0.1) is 7.43 Å². The Labute approximate surface area is 311 Å². The normalized spacial score (nSPS) is 14.8. The van der Waals surface area contributed by atoms with Crippen LogP contribution in [0.25, 0.3) is 32.3 Å². The first-order valence-corrected chi connectivity index (χ1v) is 17.5. The molecule has 6 rings (SSSR count). The van der Waals surface area contributed by atoms with Gasteiger partial charge in [-0.1, -0.05) is 68.4 Å². The molecule has 5 aromatic carbocycles. The molecule has 1 heterocycles. The van der Waals surface area contributed by atoms with Crippen molar-refractivity contribution in [3.05, 3.63) is 92.0 Å². The third-order valence-corrected chi connectivity index (χ3v) is 11.4. The van der Waals surface area contributed by atoms with Crippen molar-refractivity contribution in [1.29, 1.82) is 0 Å². The Morgan fingerprint density at radius 2 is 1.05 bits per heavy atom. The van der Waals surface area contributed by atoms with E-state index in [2.05, 4.69) is 160 Å². The maximum Gasteiger partial charge on any atom is 0.495 e. The van der Waals surface area contributed by atoms with Gasteiger partial charge in [-0.25, -0.2) is 0 Å². The number of ether oxygens (including phenoxy) is 1. The van der Waals surface area contributed by atoms with Gasteiger partial charge in [0.05, 0.1) is 11.2 Å². The average Bonchev–Trinajstić information content (AvgIpc) is 3.17. The van der Waals surface area contributed by atoms with E-state index in [0.717, 1.165) is 49.4 Å². The molecule has 1 fully saturated rings. The smallest absolute Gasteiger partial charge is 0.399 e. The van der Waals surface area contributed by atoms with Crippen molar-refractivity contribution in [2.24, 2.45) is 0 Å². The van der Waals surface area contributed by atoms with Crippen molar-refractivity contribution in [3.8, 4) is 0 Å². The second-order valence-corrected chi connectivity index (χ2v) is 14.8. The van der Waals surface area contributed by atoms with Gasteiger partial charge in [0, 0.05) is 51.5 Å². The molecule has 240 valence electrons. The fourth-order valence-corrected chi connectivity index (χ4v) is 6.81. The predicted octanol–water partition coefficient (Wildman–Crippen LogP) is 11.9. The summed E-state index contributed by atoms with van der Waals surface area (Å²) in [5, 5.41) is 7.68. The molecular weight excluding hydrogens is 905 g/mol. The molecular formula is C35H40BBr4O3Pd-. The standard InChI is InChI=1S/C22H21BO2.C6H2Br4.C6H14O.CH3.Pd/c1-21(2)22(3,4)25-23(24-21)18-13-11-16-9-8-14-6-5-7-15-10-12-17(18)20(16)19(14)15;7-3-1-4(8)6(10)2-5(3)9;1-3-5-7-6-4-2;;/h5-13H,1-4H3;1-2H;3-6H2,1-2H3;1H3;/q;;;-1;. The topological polar surface area (TPSA) is 27.7 Å². The molecule has 0 amide bonds. The molecule has 0 atom stereocenters. The predicted molar refractivity (Wildman–Crippen MR) is 201 cm³/mol. The largest absolute Gasteiger partial charge is 0.495 e. The van der Waals surface area contributed by atoms with Gasteiger partial charge in [-0.2, -0.15) is 0 Å². The van der Waals surface area contributed by atoms with Crippen LogP contribution >= 0.6 is 63.7 Å². The van der Waals surface area contributed by atoms with Crippen molar-refractivity contribution in [2.45, 2.75) is 65.6 Å². The first-order valence-electron chi connectivity index (χ1n) is 14.3. The minimum atomic E-state index is -0.338. The van der Waals surface area contributed by atoms with Gasteiger partial charge in [0.25, 0.3) is 0 Å². The van der Waals surface area contributed by atoms with Crippen molar-refractivity contribution in [3.63, 3.8) is 0 Å². The van der Waals surface area contributed by atoms with Crippen LogP contribution in [0.4, 0.5) is 0 Å². The summed E-state index contributed by atoms with van der Waals surface area (Å²) < 4.78 is 21.9. The van der Waals surface area contributed by atoms with E-state index in [4.69, 9.17) is 14.0 Å². The Kier molecular flexibility index (Phi) is 15.6. The van der Waals surface area contributed by atoms with Gasteiger partial charge < -0.3 is 21.5 Å². The quantitative estimate of drug-likeness (QED) is 0.0578. The summed E-state index contributed by atoms with van der Waals surface area (Å²) in [6, 6.07) is 23.6. The van der Waals surface area contributed by atoms with E-state index in [-0.39, 0.29) is 46.2 Å². The second-order valence-electron chi connectivity index (χ2n) is 11.4. The van der Waals surface area contributed by atoms with Crippen molar-refractivity contribution < 1.29 is 34.5 Å². The number of halogens is 4. The minimum Gasteiger partial charge on any atom is -0.399 e. The SMILES string of the molecule is Brc1cc(Br)c(Br)cc1Br.CC1(C)OB(c2ccc3ccc4cccc5ccc2c3c45)OC1(C)C.CCCOCCC.[CH3-].[Pd]. The van der Waals surface area contributed by atoms with E-state index < -0.39 is 0 Å². The molecule has 0 aliphatic carbocycles. The van der Waals surface area contributed by atoms with Crippen molar-refractivity contribution >= 4 is 109 Å². The zero-order valence-corrected chi connectivity index (χ0v) is 34.2. The fourth-order valence-electron chi connectivity index (χ4n) is 4.82. The van der Waals surface area contributed by atoms with E-state index in [9.17, 15) is 0 Å². The Hall–Kier alpha value is -0.333. The molecule has 0 unspecified atom stereocenters. The molecule has 3 nitrogen and oxygen atoms in total. The zero-order chi connectivity index (χ0) is 30.7. The van der Waals surface area contributed by atoms with Crippen LogP contribution in [0.1, 0.15) is 54.4 Å². The molecule has 1 aliphatic rings. The summed E-state index contributed by atoms with van der Waals surface area (Å²) in [6.45, 7) is 14.5. The van der Waals surface area contributed by atoms with E-state index in [1.165, 1.54) is 32.3 Å². The van der Waals surface area contributed by atoms with Crippen LogP contribution in [0.5, 0.6) is 0 Å². The number of rotatable bonds is 5. The Bertz CT molecular complexity index is 1570. The van der Waals surface area contributed by atoms with Crippen LogP contribution in [0.2, 0.25) is 0 Å². The summed E-state index contributed by atoms with van der Waals surface area (Å²) in [5.74, 6) is 0. The summed E-state index contributed by atoms with van der Waals surface area (Å²) in [5.41, 5.74) is 0.452. The number of hydrogen-bond donors (Lipinski definition) is 0. The molecule has 0 aromatic heterocycles. The molecule has 0 N–H and O–H groups in total. The van der Waals surface area contributed by atoms with E-state index in [1.54, 1.807) is 0 Å². The van der Waals surface area contributed by atoms with Crippen LogP contribution < -0.4 is 5.46 Å². The molecule has 9 heteroatoms. The molecule has 0 spiro atoms. The molecule has 0 saturated carbocycles. The summed E-state index contributed by atoms with van der Waals surface area (Å²) in [6.07, 6.45) is 2.28. The summed E-state index contributed by atoms with van der Waals surface area (Å²) in [4.78, 5) is 0.